The molecule has 1 aliphatic heterocycles. The van der Waals surface area contributed by atoms with Gasteiger partial charge in [-0.25, -0.2) is 0 Å². The number of carbonyl (C=O) groups excluding carboxylic acids is 2. The molecule has 0 spiro atoms. The molecule has 2 aromatic rings. The first-order chi connectivity index (χ1) is 11.1. The predicted molar refractivity (Wildman–Crippen MR) is 86.2 cm³/mol. The lowest BCUT2D eigenvalue weighted by molar-refractivity contribution is -0.123. The van der Waals surface area contributed by atoms with Crippen LogP contribution in [-0.2, 0) is 11.3 Å². The molecule has 6 nitrogen and oxygen atoms in total. The van der Waals surface area contributed by atoms with E-state index in [-0.39, 0.29) is 18.4 Å². The van der Waals surface area contributed by atoms with E-state index < -0.39 is 0 Å². The number of aryl methyl sites for hydroxylation is 1. The maximum Gasteiger partial charge on any atom is 0.256 e. The molecule has 1 saturated heterocycles. The zero-order valence-corrected chi connectivity index (χ0v) is 13.4. The van der Waals surface area contributed by atoms with Crippen molar-refractivity contribution < 1.29 is 9.59 Å². The number of amides is 2. The molecule has 0 aliphatic carbocycles. The van der Waals surface area contributed by atoms with E-state index in [1.54, 1.807) is 11.1 Å². The van der Waals surface area contributed by atoms with Crippen molar-refractivity contribution in [2.45, 2.75) is 20.4 Å². The van der Waals surface area contributed by atoms with E-state index in [1.807, 2.05) is 38.1 Å². The molecule has 1 aliphatic rings. The molecule has 0 atom stereocenters. The maximum atomic E-state index is 12.7. The van der Waals surface area contributed by atoms with Crippen LogP contribution in [0, 0.1) is 13.8 Å². The van der Waals surface area contributed by atoms with E-state index in [2.05, 4.69) is 14.9 Å². The summed E-state index contributed by atoms with van der Waals surface area (Å²) in [5.74, 6) is -0.188. The third-order valence-electron chi connectivity index (χ3n) is 4.18. The highest BCUT2D eigenvalue weighted by Crippen LogP contribution is 2.18. The summed E-state index contributed by atoms with van der Waals surface area (Å²) in [6, 6.07) is 7.70. The molecule has 3 heterocycles. The summed E-state index contributed by atoms with van der Waals surface area (Å²) in [5.41, 5.74) is 3.53. The Morgan fingerprint density at radius 2 is 2.17 bits per heavy atom. The third-order valence-corrected chi connectivity index (χ3v) is 4.18. The summed E-state index contributed by atoms with van der Waals surface area (Å²) < 4.78 is 2.08. The van der Waals surface area contributed by atoms with Gasteiger partial charge >= 0.3 is 0 Å². The third kappa shape index (κ3) is 3.11. The Bertz CT molecular complexity index is 737. The predicted octanol–water partition coefficient (Wildman–Crippen LogP) is 1.12. The van der Waals surface area contributed by atoms with Gasteiger partial charge in [0.05, 0.1) is 24.3 Å². The molecule has 0 radical (unpaired) electrons. The first-order valence-electron chi connectivity index (χ1n) is 7.69. The van der Waals surface area contributed by atoms with Crippen LogP contribution in [0.5, 0.6) is 0 Å². The molecule has 0 bridgehead atoms. The molecule has 2 amide bonds. The van der Waals surface area contributed by atoms with Gasteiger partial charge in [0.15, 0.2) is 0 Å². The highest BCUT2D eigenvalue weighted by atomic mass is 16.2. The van der Waals surface area contributed by atoms with Crippen LogP contribution in [0.15, 0.2) is 30.5 Å². The van der Waals surface area contributed by atoms with E-state index in [9.17, 15) is 9.59 Å². The fraction of sp³-hybridized carbons (Fsp3) is 0.353. The Labute approximate surface area is 135 Å². The number of nitrogens with zero attached hydrogens (tertiary/aromatic N) is 3. The van der Waals surface area contributed by atoms with E-state index in [1.165, 1.54) is 0 Å². The highest BCUT2D eigenvalue weighted by Gasteiger charge is 2.25. The van der Waals surface area contributed by atoms with Crippen molar-refractivity contribution in [3.05, 3.63) is 53.1 Å². The topological polar surface area (TPSA) is 67.2 Å². The van der Waals surface area contributed by atoms with Crippen molar-refractivity contribution in [2.75, 3.05) is 19.6 Å². The van der Waals surface area contributed by atoms with Gasteiger partial charge in [-0.05, 0) is 32.0 Å². The van der Waals surface area contributed by atoms with Crippen molar-refractivity contribution in [1.29, 1.82) is 0 Å². The molecule has 120 valence electrons. The van der Waals surface area contributed by atoms with E-state index in [0.29, 0.717) is 25.2 Å². The number of carbonyl (C=O) groups is 2. The Hall–Kier alpha value is -2.63. The lowest BCUT2D eigenvalue weighted by Crippen LogP contribution is -2.50. The van der Waals surface area contributed by atoms with Gasteiger partial charge in [0.2, 0.25) is 5.91 Å². The van der Waals surface area contributed by atoms with Crippen LogP contribution in [0.1, 0.15) is 27.4 Å². The van der Waals surface area contributed by atoms with Crippen LogP contribution in [-0.4, -0.2) is 45.9 Å². The minimum Gasteiger partial charge on any atom is -0.353 e. The van der Waals surface area contributed by atoms with Crippen LogP contribution in [0.4, 0.5) is 0 Å². The van der Waals surface area contributed by atoms with E-state index in [0.717, 1.165) is 17.1 Å². The largest absolute Gasteiger partial charge is 0.353 e. The van der Waals surface area contributed by atoms with Gasteiger partial charge in [-0.15, -0.1) is 0 Å². The average Bonchev–Trinajstić information content (AvgIpc) is 2.83. The summed E-state index contributed by atoms with van der Waals surface area (Å²) in [4.78, 5) is 30.1. The number of rotatable bonds is 3. The zero-order chi connectivity index (χ0) is 16.4. The van der Waals surface area contributed by atoms with Gasteiger partial charge in [0.25, 0.3) is 5.91 Å². The maximum absolute atomic E-state index is 12.7. The summed E-state index contributed by atoms with van der Waals surface area (Å²) in [6.45, 7) is 5.74. The lowest BCUT2D eigenvalue weighted by atomic mass is 10.2. The smallest absolute Gasteiger partial charge is 0.256 e. The summed E-state index contributed by atoms with van der Waals surface area (Å²) >= 11 is 0. The zero-order valence-electron chi connectivity index (χ0n) is 13.4. The quantitative estimate of drug-likeness (QED) is 0.923. The van der Waals surface area contributed by atoms with E-state index >= 15 is 0 Å². The number of hydrogen-bond acceptors (Lipinski definition) is 3. The van der Waals surface area contributed by atoms with Gasteiger partial charge in [0.1, 0.15) is 0 Å². The van der Waals surface area contributed by atoms with Gasteiger partial charge in [-0.3, -0.25) is 14.6 Å². The minimum atomic E-state index is -0.105. The molecule has 6 heteroatoms. The van der Waals surface area contributed by atoms with Gasteiger partial charge in [0, 0.05) is 30.7 Å². The highest BCUT2D eigenvalue weighted by molar-refractivity contribution is 5.98. The Balaban J connectivity index is 1.85. The lowest BCUT2D eigenvalue weighted by Gasteiger charge is -2.26. The van der Waals surface area contributed by atoms with Crippen LogP contribution < -0.4 is 5.32 Å². The summed E-state index contributed by atoms with van der Waals surface area (Å²) in [7, 11) is 0. The number of aromatic nitrogens is 2. The SMILES string of the molecule is Cc1cc(C(=O)N2CCNC(=O)C2)c(C)n1Cc1ccccn1. The minimum absolute atomic E-state index is 0.0831. The Morgan fingerprint density at radius 1 is 1.35 bits per heavy atom. The second-order valence-corrected chi connectivity index (χ2v) is 5.77. The van der Waals surface area contributed by atoms with Crippen molar-refractivity contribution >= 4 is 11.8 Å². The molecule has 1 N–H and O–H groups in total. The standard InChI is InChI=1S/C17H20N4O2/c1-12-9-15(17(23)20-8-7-19-16(22)11-20)13(2)21(12)10-14-5-3-4-6-18-14/h3-6,9H,7-8,10-11H2,1-2H3,(H,19,22). The van der Waals surface area contributed by atoms with Crippen molar-refractivity contribution in [3.8, 4) is 0 Å². The second kappa shape index (κ2) is 6.24. The van der Waals surface area contributed by atoms with Crippen LogP contribution in [0.25, 0.3) is 0 Å². The first-order valence-corrected chi connectivity index (χ1v) is 7.69. The normalized spacial score (nSPS) is 14.7. The molecule has 23 heavy (non-hydrogen) atoms. The number of pyridine rings is 1. The van der Waals surface area contributed by atoms with E-state index in [4.69, 9.17) is 0 Å². The van der Waals surface area contributed by atoms with Crippen LogP contribution in [0.2, 0.25) is 0 Å². The summed E-state index contributed by atoms with van der Waals surface area (Å²) in [5, 5.41) is 2.74. The van der Waals surface area contributed by atoms with Crippen LogP contribution >= 0.6 is 0 Å². The van der Waals surface area contributed by atoms with Crippen LogP contribution in [0.3, 0.4) is 0 Å². The fourth-order valence-electron chi connectivity index (χ4n) is 2.90. The molecule has 2 aromatic heterocycles. The summed E-state index contributed by atoms with van der Waals surface area (Å²) in [6.07, 6.45) is 1.77. The molecule has 0 saturated carbocycles. The second-order valence-electron chi connectivity index (χ2n) is 5.77. The van der Waals surface area contributed by atoms with Crippen molar-refractivity contribution in [1.82, 2.24) is 19.8 Å². The molecular weight excluding hydrogens is 292 g/mol. The first kappa shape index (κ1) is 15.3. The van der Waals surface area contributed by atoms with Crippen molar-refractivity contribution in [2.24, 2.45) is 0 Å². The molecule has 0 aromatic carbocycles. The Morgan fingerprint density at radius 3 is 2.87 bits per heavy atom. The van der Waals surface area contributed by atoms with Gasteiger partial charge in [-0.1, -0.05) is 6.07 Å². The monoisotopic (exact) mass is 312 g/mol. The number of nitrogens with one attached hydrogen (secondary N) is 1. The van der Waals surface area contributed by atoms with Gasteiger partial charge < -0.3 is 14.8 Å². The number of piperazine rings is 1. The molecule has 3 rings (SSSR count). The average molecular weight is 312 g/mol. The molecule has 0 unspecified atom stereocenters. The molecular formula is C17H20N4O2. The van der Waals surface area contributed by atoms with Gasteiger partial charge in [-0.2, -0.15) is 0 Å². The fourth-order valence-corrected chi connectivity index (χ4v) is 2.90. The number of hydrogen-bond donors (Lipinski definition) is 1. The Kier molecular flexibility index (Phi) is 4.14. The van der Waals surface area contributed by atoms with Crippen molar-refractivity contribution in [3.63, 3.8) is 0 Å². The molecule has 1 fully saturated rings.